The lowest BCUT2D eigenvalue weighted by Gasteiger charge is -2.05. The minimum absolute atomic E-state index is 0.00795. The molecule has 84 valence electrons. The highest BCUT2D eigenvalue weighted by atomic mass is 32.2. The smallest absolute Gasteiger partial charge is 0.258 e. The second-order valence-electron chi connectivity index (χ2n) is 3.61. The summed E-state index contributed by atoms with van der Waals surface area (Å²) in [6.45, 7) is 0. The quantitative estimate of drug-likeness (QED) is 0.580. The summed E-state index contributed by atoms with van der Waals surface area (Å²) in [5.74, 6) is -0.143. The van der Waals surface area contributed by atoms with E-state index in [1.54, 1.807) is 18.2 Å². The Morgan fingerprint density at radius 3 is 2.31 bits per heavy atom. The van der Waals surface area contributed by atoms with Crippen LogP contribution in [-0.4, -0.2) is 19.1 Å². The third kappa shape index (κ3) is 2.11. The van der Waals surface area contributed by atoms with Crippen LogP contribution >= 0.6 is 0 Å². The Kier molecular flexibility index (Phi) is 2.51. The molecule has 16 heavy (non-hydrogen) atoms. The highest BCUT2D eigenvalue weighted by molar-refractivity contribution is 7.94. The Labute approximate surface area is 92.5 Å². The van der Waals surface area contributed by atoms with Crippen molar-refractivity contribution >= 4 is 15.5 Å². The maximum absolute atomic E-state index is 11.2. The number of hydrogen-bond acceptors (Lipinski definition) is 4. The number of rotatable bonds is 2. The molecule has 0 aromatic heterocycles. The van der Waals surface area contributed by atoms with Gasteiger partial charge < -0.3 is 0 Å². The number of nitrogens with zero attached hydrogens (tertiary/aromatic N) is 1. The number of allylic oxidation sites excluding steroid dienone is 1. The van der Waals surface area contributed by atoms with Gasteiger partial charge in [-0.15, -0.1) is 0 Å². The average molecular weight is 239 g/mol. The lowest BCUT2D eigenvalue weighted by atomic mass is 10.0. The molecule has 0 saturated heterocycles. The van der Waals surface area contributed by atoms with E-state index in [0.717, 1.165) is 5.56 Å². The van der Waals surface area contributed by atoms with Gasteiger partial charge >= 0.3 is 0 Å². The molecular formula is C10H9NO4S. The van der Waals surface area contributed by atoms with Crippen molar-refractivity contribution in [2.45, 2.75) is 5.92 Å². The molecule has 5 nitrogen and oxygen atoms in total. The zero-order valence-corrected chi connectivity index (χ0v) is 9.05. The van der Waals surface area contributed by atoms with Gasteiger partial charge in [-0.05, 0) is 5.56 Å². The van der Waals surface area contributed by atoms with Gasteiger partial charge in [-0.1, -0.05) is 18.2 Å². The molecule has 1 atom stereocenters. The largest absolute Gasteiger partial charge is 0.269 e. The van der Waals surface area contributed by atoms with E-state index in [4.69, 9.17) is 0 Å². The molecule has 6 heteroatoms. The van der Waals surface area contributed by atoms with Crippen LogP contribution in [-0.2, 0) is 9.84 Å². The molecular weight excluding hydrogens is 230 g/mol. The summed E-state index contributed by atoms with van der Waals surface area (Å²) in [6.07, 6.45) is 1.61. The van der Waals surface area contributed by atoms with Crippen LogP contribution in [0.5, 0.6) is 0 Å². The molecule has 1 aliphatic heterocycles. The lowest BCUT2D eigenvalue weighted by Crippen LogP contribution is -2.03. The van der Waals surface area contributed by atoms with Crippen LogP contribution in [0.2, 0.25) is 0 Å². The molecule has 0 aliphatic carbocycles. The molecule has 1 aliphatic rings. The third-order valence-corrected chi connectivity index (χ3v) is 3.86. The average Bonchev–Trinajstić information content (AvgIpc) is 2.59. The second-order valence-corrected chi connectivity index (χ2v) is 5.54. The van der Waals surface area contributed by atoms with E-state index < -0.39 is 14.8 Å². The van der Waals surface area contributed by atoms with E-state index in [-0.39, 0.29) is 17.4 Å². The Hall–Kier alpha value is -1.69. The van der Waals surface area contributed by atoms with Crippen LogP contribution in [0.3, 0.4) is 0 Å². The zero-order valence-electron chi connectivity index (χ0n) is 8.24. The molecule has 0 fully saturated rings. The van der Waals surface area contributed by atoms with E-state index in [1.165, 1.54) is 17.5 Å². The summed E-state index contributed by atoms with van der Waals surface area (Å²) in [5, 5.41) is 11.6. The van der Waals surface area contributed by atoms with Crippen molar-refractivity contribution in [2.24, 2.45) is 0 Å². The molecule has 1 aromatic carbocycles. The van der Waals surface area contributed by atoms with Crippen molar-refractivity contribution in [3.8, 4) is 0 Å². The van der Waals surface area contributed by atoms with E-state index in [9.17, 15) is 18.5 Å². The molecule has 0 amide bonds. The first-order chi connectivity index (χ1) is 7.48. The molecule has 2 rings (SSSR count). The number of hydrogen-bond donors (Lipinski definition) is 0. The summed E-state index contributed by atoms with van der Waals surface area (Å²) < 4.78 is 22.4. The Balaban J connectivity index is 2.24. The molecule has 0 radical (unpaired) electrons. The van der Waals surface area contributed by atoms with E-state index in [1.807, 2.05) is 0 Å². The molecule has 1 unspecified atom stereocenters. The van der Waals surface area contributed by atoms with Gasteiger partial charge in [0.1, 0.15) is 0 Å². The Morgan fingerprint density at radius 1 is 1.25 bits per heavy atom. The minimum Gasteiger partial charge on any atom is -0.258 e. The number of non-ortho nitro benzene ring substituents is 1. The van der Waals surface area contributed by atoms with Crippen molar-refractivity contribution in [2.75, 3.05) is 5.75 Å². The predicted molar refractivity (Wildman–Crippen MR) is 58.8 cm³/mol. The monoisotopic (exact) mass is 239 g/mol. The number of nitro groups is 1. The summed E-state index contributed by atoms with van der Waals surface area (Å²) in [6, 6.07) is 5.95. The van der Waals surface area contributed by atoms with E-state index >= 15 is 0 Å². The second kappa shape index (κ2) is 3.71. The summed E-state index contributed by atoms with van der Waals surface area (Å²) in [7, 11) is -3.08. The van der Waals surface area contributed by atoms with Crippen LogP contribution in [0.15, 0.2) is 35.7 Å². The van der Waals surface area contributed by atoms with Gasteiger partial charge in [0.25, 0.3) is 5.69 Å². The molecule has 1 aromatic rings. The number of benzene rings is 1. The lowest BCUT2D eigenvalue weighted by molar-refractivity contribution is -0.384. The Bertz CT molecular complexity index is 545. The minimum atomic E-state index is -3.08. The van der Waals surface area contributed by atoms with Gasteiger partial charge in [-0.2, -0.15) is 0 Å². The summed E-state index contributed by atoms with van der Waals surface area (Å²) in [5.41, 5.74) is 0.788. The first kappa shape index (κ1) is 10.8. The van der Waals surface area contributed by atoms with Crippen LogP contribution in [0.25, 0.3) is 0 Å². The van der Waals surface area contributed by atoms with Gasteiger partial charge in [0, 0.05) is 23.5 Å². The first-order valence-corrected chi connectivity index (χ1v) is 6.35. The van der Waals surface area contributed by atoms with Gasteiger partial charge in [-0.25, -0.2) is 8.42 Å². The summed E-state index contributed by atoms with van der Waals surface area (Å²) in [4.78, 5) is 9.95. The zero-order chi connectivity index (χ0) is 11.8. The fourth-order valence-corrected chi connectivity index (χ4v) is 2.97. The molecule has 1 heterocycles. The van der Waals surface area contributed by atoms with E-state index in [2.05, 4.69) is 0 Å². The van der Waals surface area contributed by atoms with Gasteiger partial charge in [0.05, 0.1) is 10.7 Å². The van der Waals surface area contributed by atoms with Crippen LogP contribution in [0.4, 0.5) is 5.69 Å². The fraction of sp³-hybridized carbons (Fsp3) is 0.200. The van der Waals surface area contributed by atoms with Crippen molar-refractivity contribution in [3.63, 3.8) is 0 Å². The standard InChI is InChI=1S/C10H9NO4S/c12-11(13)10-3-1-8(2-4-10)9-5-6-16(14,15)7-9/h1-6,9H,7H2. The third-order valence-electron chi connectivity index (χ3n) is 2.46. The van der Waals surface area contributed by atoms with Crippen LogP contribution in [0, 0.1) is 10.1 Å². The summed E-state index contributed by atoms with van der Waals surface area (Å²) >= 11 is 0. The maximum atomic E-state index is 11.2. The topological polar surface area (TPSA) is 77.3 Å². The van der Waals surface area contributed by atoms with Crippen molar-refractivity contribution in [1.29, 1.82) is 0 Å². The molecule has 0 saturated carbocycles. The highest BCUT2D eigenvalue weighted by Crippen LogP contribution is 2.27. The number of sulfone groups is 1. The highest BCUT2D eigenvalue weighted by Gasteiger charge is 2.23. The SMILES string of the molecule is O=[N+]([O-])c1ccc(C2C=CS(=O)(=O)C2)cc1. The maximum Gasteiger partial charge on any atom is 0.269 e. The van der Waals surface area contributed by atoms with Crippen LogP contribution < -0.4 is 0 Å². The van der Waals surface area contributed by atoms with E-state index in [0.29, 0.717) is 0 Å². The van der Waals surface area contributed by atoms with Gasteiger partial charge in [0.15, 0.2) is 9.84 Å². The molecule has 0 bridgehead atoms. The van der Waals surface area contributed by atoms with Crippen LogP contribution in [0.1, 0.15) is 11.5 Å². The van der Waals surface area contributed by atoms with Crippen molar-refractivity contribution in [1.82, 2.24) is 0 Å². The van der Waals surface area contributed by atoms with Gasteiger partial charge in [-0.3, -0.25) is 10.1 Å². The fourth-order valence-electron chi connectivity index (χ4n) is 1.63. The molecule has 0 N–H and O–H groups in total. The normalized spacial score (nSPS) is 22.1. The van der Waals surface area contributed by atoms with Crippen molar-refractivity contribution < 1.29 is 13.3 Å². The predicted octanol–water partition coefficient (Wildman–Crippen LogP) is 1.62. The number of nitro benzene ring substituents is 1. The Morgan fingerprint density at radius 2 is 1.88 bits per heavy atom. The molecule has 0 spiro atoms. The first-order valence-electron chi connectivity index (χ1n) is 4.63. The van der Waals surface area contributed by atoms with Gasteiger partial charge in [0.2, 0.25) is 0 Å². The van der Waals surface area contributed by atoms with Crippen molar-refractivity contribution in [3.05, 3.63) is 51.4 Å².